The molecule has 0 spiro atoms. The minimum absolute atomic E-state index is 0.0373. The van der Waals surface area contributed by atoms with Crippen molar-refractivity contribution in [3.05, 3.63) is 95.4 Å². The SMILES string of the molecule is C[C@@H]1NC(=O)[C@@H](Cc2c[nH]c3ccccc23)NC(=O)[C@@H](C)N(C(=O)c2cc(C#N)cn2C)CCNC(=O)[C@H](Cc2ccccc2)NC1=O. The molecule has 4 atom stereocenters. The van der Waals surface area contributed by atoms with Crippen LogP contribution in [-0.2, 0) is 39.1 Å². The number of hydrogen-bond donors (Lipinski definition) is 5. The van der Waals surface area contributed by atoms with Crippen LogP contribution in [-0.4, -0.2) is 81.2 Å². The Kier molecular flexibility index (Phi) is 10.2. The van der Waals surface area contributed by atoms with Gasteiger partial charge in [0, 0.05) is 56.3 Å². The van der Waals surface area contributed by atoms with Crippen molar-refractivity contribution in [2.24, 2.45) is 7.05 Å². The Balaban J connectivity index is 1.49. The summed E-state index contributed by atoms with van der Waals surface area (Å²) in [5, 5.41) is 21.3. The summed E-state index contributed by atoms with van der Waals surface area (Å²) in [7, 11) is 1.62. The summed E-state index contributed by atoms with van der Waals surface area (Å²) in [4.78, 5) is 72.8. The highest BCUT2D eigenvalue weighted by atomic mass is 16.2. The van der Waals surface area contributed by atoms with Gasteiger partial charge in [-0.05, 0) is 37.1 Å². The Hall–Kier alpha value is -5.90. The summed E-state index contributed by atoms with van der Waals surface area (Å²) >= 11 is 0. The maximum atomic E-state index is 13.9. The van der Waals surface area contributed by atoms with Gasteiger partial charge in [0.15, 0.2) is 0 Å². The van der Waals surface area contributed by atoms with Gasteiger partial charge in [0.1, 0.15) is 35.9 Å². The van der Waals surface area contributed by atoms with E-state index in [-0.39, 0.29) is 37.2 Å². The van der Waals surface area contributed by atoms with Crippen molar-refractivity contribution in [2.75, 3.05) is 13.1 Å². The summed E-state index contributed by atoms with van der Waals surface area (Å²) < 4.78 is 1.50. The predicted molar refractivity (Wildman–Crippen MR) is 177 cm³/mol. The van der Waals surface area contributed by atoms with Crippen molar-refractivity contribution in [3.8, 4) is 6.07 Å². The number of aromatic nitrogens is 2. The lowest BCUT2D eigenvalue weighted by Crippen LogP contribution is -2.57. The first-order valence-corrected chi connectivity index (χ1v) is 15.7. The van der Waals surface area contributed by atoms with E-state index in [1.165, 1.54) is 35.6 Å². The van der Waals surface area contributed by atoms with Gasteiger partial charge in [-0.3, -0.25) is 24.0 Å². The molecular formula is C35H38N8O5. The number of amides is 5. The summed E-state index contributed by atoms with van der Waals surface area (Å²) in [6.45, 7) is 2.93. The highest BCUT2D eigenvalue weighted by Gasteiger charge is 2.33. The molecule has 2 aromatic heterocycles. The average molecular weight is 651 g/mol. The number of nitriles is 1. The summed E-state index contributed by atoms with van der Waals surface area (Å²) in [6, 6.07) is 15.9. The Labute approximate surface area is 277 Å². The minimum atomic E-state index is -1.11. The van der Waals surface area contributed by atoms with Gasteiger partial charge in [-0.25, -0.2) is 0 Å². The Morgan fingerprint density at radius 1 is 0.875 bits per heavy atom. The average Bonchev–Trinajstić information content (AvgIpc) is 3.68. The number of carbonyl (C=O) groups excluding carboxylic acids is 5. The first-order valence-electron chi connectivity index (χ1n) is 15.7. The molecule has 0 unspecified atom stereocenters. The zero-order chi connectivity index (χ0) is 34.4. The fraction of sp³-hybridized carbons (Fsp3) is 0.314. The van der Waals surface area contributed by atoms with Crippen LogP contribution in [0.1, 0.15) is 41.0 Å². The first-order chi connectivity index (χ1) is 23.0. The van der Waals surface area contributed by atoms with E-state index in [0.717, 1.165) is 22.0 Å². The molecular weight excluding hydrogens is 612 g/mol. The van der Waals surface area contributed by atoms with Gasteiger partial charge >= 0.3 is 0 Å². The molecule has 3 heterocycles. The van der Waals surface area contributed by atoms with Gasteiger partial charge in [-0.15, -0.1) is 0 Å². The van der Waals surface area contributed by atoms with Crippen LogP contribution < -0.4 is 21.3 Å². The van der Waals surface area contributed by atoms with Gasteiger partial charge in [0.2, 0.25) is 23.6 Å². The summed E-state index contributed by atoms with van der Waals surface area (Å²) in [5.74, 6) is -2.83. The standard InChI is InChI=1S/C35H38N8O5/c1-21-31(44)40-28(15-23-9-5-4-6-10-23)33(46)37-13-14-43(35(48)30-16-24(18-36)20-42(30)3)22(2)32(45)41-29(34(47)39-21)17-25-19-38-27-12-8-7-11-26(25)27/h4-12,16,19-22,28-29,38H,13-15,17H2,1-3H3,(H,37,46)(H,39,47)(H,40,44)(H,41,45)/t21-,22+,28-,29+/m0/s1. The number of fused-ring (bicyclic) bond motifs is 1. The highest BCUT2D eigenvalue weighted by molar-refractivity contribution is 5.99. The van der Waals surface area contributed by atoms with Crippen LogP contribution in [0.3, 0.4) is 0 Å². The maximum Gasteiger partial charge on any atom is 0.271 e. The molecule has 5 rings (SSSR count). The monoisotopic (exact) mass is 650 g/mol. The van der Waals surface area contributed by atoms with Gasteiger partial charge in [0.25, 0.3) is 5.91 Å². The minimum Gasteiger partial charge on any atom is -0.361 e. The van der Waals surface area contributed by atoms with E-state index in [0.29, 0.717) is 0 Å². The molecule has 48 heavy (non-hydrogen) atoms. The Morgan fingerprint density at radius 2 is 1.56 bits per heavy atom. The van der Waals surface area contributed by atoms with Crippen LogP contribution in [0.4, 0.5) is 0 Å². The number of rotatable bonds is 5. The molecule has 248 valence electrons. The lowest BCUT2D eigenvalue weighted by atomic mass is 10.0. The van der Waals surface area contributed by atoms with Crippen LogP contribution in [0, 0.1) is 11.3 Å². The van der Waals surface area contributed by atoms with Crippen molar-refractivity contribution in [1.29, 1.82) is 5.26 Å². The zero-order valence-electron chi connectivity index (χ0n) is 26.9. The fourth-order valence-electron chi connectivity index (χ4n) is 5.78. The van der Waals surface area contributed by atoms with Crippen molar-refractivity contribution in [1.82, 2.24) is 35.7 Å². The molecule has 1 aliphatic heterocycles. The van der Waals surface area contributed by atoms with E-state index in [4.69, 9.17) is 0 Å². The number of nitrogens with one attached hydrogen (secondary N) is 5. The molecule has 0 saturated carbocycles. The number of benzene rings is 2. The molecule has 1 fully saturated rings. The molecule has 13 nitrogen and oxygen atoms in total. The molecule has 1 aliphatic rings. The third-order valence-corrected chi connectivity index (χ3v) is 8.51. The molecule has 0 radical (unpaired) electrons. The number of hydrogen-bond acceptors (Lipinski definition) is 6. The Bertz CT molecular complexity index is 1870. The van der Waals surface area contributed by atoms with Crippen molar-refractivity contribution < 1.29 is 24.0 Å². The van der Waals surface area contributed by atoms with Gasteiger partial charge in [-0.2, -0.15) is 5.26 Å². The maximum absolute atomic E-state index is 13.9. The van der Waals surface area contributed by atoms with E-state index in [2.05, 4.69) is 26.3 Å². The van der Waals surface area contributed by atoms with Crippen molar-refractivity contribution >= 4 is 40.4 Å². The van der Waals surface area contributed by atoms with E-state index in [1.807, 2.05) is 60.7 Å². The lowest BCUT2D eigenvalue weighted by molar-refractivity contribution is -0.133. The van der Waals surface area contributed by atoms with E-state index in [1.54, 1.807) is 13.2 Å². The topological polar surface area (TPSA) is 181 Å². The Morgan fingerprint density at radius 3 is 2.29 bits per heavy atom. The van der Waals surface area contributed by atoms with Gasteiger partial charge in [-0.1, -0.05) is 48.5 Å². The second-order valence-corrected chi connectivity index (χ2v) is 11.9. The van der Waals surface area contributed by atoms with Crippen LogP contribution in [0.2, 0.25) is 0 Å². The van der Waals surface area contributed by atoms with Crippen LogP contribution >= 0.6 is 0 Å². The zero-order valence-corrected chi connectivity index (χ0v) is 26.9. The van der Waals surface area contributed by atoms with Gasteiger partial charge < -0.3 is 35.7 Å². The molecule has 2 aromatic carbocycles. The second kappa shape index (κ2) is 14.7. The predicted octanol–water partition coefficient (Wildman–Crippen LogP) is 1.30. The fourth-order valence-corrected chi connectivity index (χ4v) is 5.78. The first kappa shape index (κ1) is 33.5. The second-order valence-electron chi connectivity index (χ2n) is 11.9. The number of H-pyrrole nitrogens is 1. The number of para-hydroxylation sites is 1. The molecule has 1 saturated heterocycles. The number of carbonyl (C=O) groups is 5. The molecule has 5 N–H and O–H groups in total. The molecule has 0 aliphatic carbocycles. The van der Waals surface area contributed by atoms with Crippen LogP contribution in [0.15, 0.2) is 73.1 Å². The summed E-state index contributed by atoms with van der Waals surface area (Å²) in [6.07, 6.45) is 3.55. The van der Waals surface area contributed by atoms with Crippen LogP contribution in [0.25, 0.3) is 10.9 Å². The normalized spacial score (nSPS) is 21.2. The van der Waals surface area contributed by atoms with Gasteiger partial charge in [0.05, 0.1) is 5.56 Å². The lowest BCUT2D eigenvalue weighted by Gasteiger charge is -2.30. The highest BCUT2D eigenvalue weighted by Crippen LogP contribution is 2.20. The van der Waals surface area contributed by atoms with E-state index >= 15 is 0 Å². The van der Waals surface area contributed by atoms with Crippen molar-refractivity contribution in [3.63, 3.8) is 0 Å². The van der Waals surface area contributed by atoms with E-state index in [9.17, 15) is 29.2 Å². The number of nitrogens with zero attached hydrogens (tertiary/aromatic N) is 3. The van der Waals surface area contributed by atoms with E-state index < -0.39 is 53.7 Å². The van der Waals surface area contributed by atoms with Crippen LogP contribution in [0.5, 0.6) is 0 Å². The number of aromatic amines is 1. The van der Waals surface area contributed by atoms with Crippen molar-refractivity contribution in [2.45, 2.75) is 50.9 Å². The third-order valence-electron chi connectivity index (χ3n) is 8.51. The molecule has 0 bridgehead atoms. The number of aryl methyl sites for hydroxylation is 1. The quantitative estimate of drug-likeness (QED) is 0.217. The molecule has 13 heteroatoms. The molecule has 4 aromatic rings. The largest absolute Gasteiger partial charge is 0.361 e. The third kappa shape index (κ3) is 7.55. The smallest absolute Gasteiger partial charge is 0.271 e. The summed E-state index contributed by atoms with van der Waals surface area (Å²) in [5.41, 5.74) is 2.88. The molecule has 5 amide bonds.